The third-order valence-corrected chi connectivity index (χ3v) is 6.78. The zero-order valence-corrected chi connectivity index (χ0v) is 20.6. The van der Waals surface area contributed by atoms with Crippen molar-refractivity contribution in [3.05, 3.63) is 60.0 Å². The van der Waals surface area contributed by atoms with Crippen LogP contribution in [-0.4, -0.2) is 11.0 Å². The first-order valence-electron chi connectivity index (χ1n) is 12.2. The van der Waals surface area contributed by atoms with Gasteiger partial charge in [0.15, 0.2) is 0 Å². The molecule has 0 bridgehead atoms. The Hall–Kier alpha value is -2.53. The minimum absolute atomic E-state index is 0.239. The molecule has 0 radical (unpaired) electrons. The Labute approximate surface area is 201 Å². The van der Waals surface area contributed by atoms with E-state index in [2.05, 4.69) is 43.1 Å². The highest BCUT2D eigenvalue weighted by atomic mass is 32.1. The number of hydrogen-bond donors (Lipinski definition) is 0. The summed E-state index contributed by atoms with van der Waals surface area (Å²) < 4.78 is 20.0. The number of esters is 1. The number of ether oxygens (including phenoxy) is 1. The van der Waals surface area contributed by atoms with Crippen LogP contribution in [0.1, 0.15) is 77.2 Å². The topological polar surface area (TPSA) is 39.2 Å². The van der Waals surface area contributed by atoms with E-state index in [1.54, 1.807) is 18.3 Å². The molecule has 0 aliphatic rings. The fraction of sp³-hybridized carbons (Fsp3) is 0.429. The number of aromatic nitrogens is 1. The minimum atomic E-state index is -0.436. The number of carbonyl (C=O) groups excluding carboxylic acids is 1. The second kappa shape index (κ2) is 13.2. The van der Waals surface area contributed by atoms with Crippen LogP contribution < -0.4 is 4.74 Å². The molecular weight excluding hydrogens is 433 g/mol. The molecule has 5 heteroatoms. The molecule has 0 fully saturated rings. The molecule has 0 aliphatic carbocycles. The lowest BCUT2D eigenvalue weighted by atomic mass is 10.0. The van der Waals surface area contributed by atoms with Crippen LogP contribution in [0.3, 0.4) is 0 Å². The second-order valence-electron chi connectivity index (χ2n) is 8.46. The molecule has 1 heterocycles. The van der Waals surface area contributed by atoms with Gasteiger partial charge in [-0.15, -0.1) is 11.3 Å². The average Bonchev–Trinajstić information content (AvgIpc) is 3.30. The molecule has 0 saturated carbocycles. The van der Waals surface area contributed by atoms with Crippen molar-refractivity contribution in [2.75, 3.05) is 0 Å². The Morgan fingerprint density at radius 1 is 0.939 bits per heavy atom. The van der Waals surface area contributed by atoms with Gasteiger partial charge in [0.2, 0.25) is 0 Å². The molecule has 0 aliphatic heterocycles. The van der Waals surface area contributed by atoms with Crippen LogP contribution in [0.2, 0.25) is 0 Å². The summed E-state index contributed by atoms with van der Waals surface area (Å²) in [5.41, 5.74) is 2.85. The van der Waals surface area contributed by atoms with E-state index in [-0.39, 0.29) is 11.7 Å². The van der Waals surface area contributed by atoms with Crippen molar-refractivity contribution < 1.29 is 13.9 Å². The number of halogens is 1. The van der Waals surface area contributed by atoms with E-state index in [4.69, 9.17) is 4.74 Å². The predicted octanol–water partition coefficient (Wildman–Crippen LogP) is 8.61. The number of benzene rings is 2. The maximum atomic E-state index is 14.8. The van der Waals surface area contributed by atoms with Crippen LogP contribution in [0.25, 0.3) is 21.0 Å². The van der Waals surface area contributed by atoms with Crippen LogP contribution in [-0.2, 0) is 11.2 Å². The Morgan fingerprint density at radius 2 is 1.67 bits per heavy atom. The Morgan fingerprint density at radius 3 is 2.36 bits per heavy atom. The van der Waals surface area contributed by atoms with Crippen LogP contribution >= 0.6 is 11.3 Å². The van der Waals surface area contributed by atoms with Crippen LogP contribution in [0.15, 0.2) is 48.7 Å². The van der Waals surface area contributed by atoms with E-state index in [0.717, 1.165) is 42.5 Å². The summed E-state index contributed by atoms with van der Waals surface area (Å²) in [6.45, 7) is 4.35. The molecule has 0 spiro atoms. The van der Waals surface area contributed by atoms with Gasteiger partial charge in [0.05, 0.1) is 4.88 Å². The van der Waals surface area contributed by atoms with Crippen LogP contribution in [0, 0.1) is 5.82 Å². The lowest BCUT2D eigenvalue weighted by Crippen LogP contribution is -2.07. The quantitative estimate of drug-likeness (QED) is 0.143. The molecule has 0 unspecified atom stereocenters. The number of aryl methyl sites for hydroxylation is 1. The van der Waals surface area contributed by atoms with Gasteiger partial charge in [0.1, 0.15) is 16.6 Å². The average molecular weight is 468 g/mol. The molecule has 0 atom stereocenters. The molecule has 33 heavy (non-hydrogen) atoms. The number of carbonyl (C=O) groups is 1. The molecule has 0 amide bonds. The largest absolute Gasteiger partial charge is 0.426 e. The first-order chi connectivity index (χ1) is 16.1. The van der Waals surface area contributed by atoms with Crippen molar-refractivity contribution in [3.8, 4) is 26.8 Å². The van der Waals surface area contributed by atoms with Crippen molar-refractivity contribution in [2.45, 2.75) is 78.1 Å². The SMILES string of the molecule is CCCCCCC(=O)Oc1ccc(-c2ncc(-c3ccc(CCCCCC)cc3)s2)c(F)c1. The zero-order chi connectivity index (χ0) is 23.5. The Bertz CT molecular complexity index is 1010. The van der Waals surface area contributed by atoms with Crippen molar-refractivity contribution >= 4 is 17.3 Å². The Kier molecular flexibility index (Phi) is 10.1. The van der Waals surface area contributed by atoms with E-state index >= 15 is 0 Å². The monoisotopic (exact) mass is 467 g/mol. The highest BCUT2D eigenvalue weighted by Gasteiger charge is 2.13. The fourth-order valence-corrected chi connectivity index (χ4v) is 4.68. The summed E-state index contributed by atoms with van der Waals surface area (Å²) in [6.07, 6.45) is 12.3. The molecule has 176 valence electrons. The highest BCUT2D eigenvalue weighted by Crippen LogP contribution is 2.34. The Balaban J connectivity index is 1.60. The minimum Gasteiger partial charge on any atom is -0.426 e. The number of nitrogens with zero attached hydrogens (tertiary/aromatic N) is 1. The third kappa shape index (κ3) is 7.78. The van der Waals surface area contributed by atoms with Gasteiger partial charge in [-0.3, -0.25) is 4.79 Å². The number of unbranched alkanes of at least 4 members (excludes halogenated alkanes) is 6. The zero-order valence-electron chi connectivity index (χ0n) is 19.7. The molecule has 0 N–H and O–H groups in total. The predicted molar refractivity (Wildman–Crippen MR) is 135 cm³/mol. The van der Waals surface area contributed by atoms with Gasteiger partial charge in [0.25, 0.3) is 0 Å². The van der Waals surface area contributed by atoms with E-state index in [1.165, 1.54) is 48.6 Å². The number of hydrogen-bond acceptors (Lipinski definition) is 4. The molecule has 3 aromatic rings. The van der Waals surface area contributed by atoms with Gasteiger partial charge in [-0.25, -0.2) is 9.37 Å². The van der Waals surface area contributed by atoms with Crippen LogP contribution in [0.4, 0.5) is 4.39 Å². The van der Waals surface area contributed by atoms with Crippen molar-refractivity contribution in [1.29, 1.82) is 0 Å². The lowest BCUT2D eigenvalue weighted by molar-refractivity contribution is -0.134. The van der Waals surface area contributed by atoms with Gasteiger partial charge in [0, 0.05) is 24.2 Å². The van der Waals surface area contributed by atoms with Crippen molar-refractivity contribution in [3.63, 3.8) is 0 Å². The first-order valence-corrected chi connectivity index (χ1v) is 13.0. The van der Waals surface area contributed by atoms with Gasteiger partial charge in [-0.1, -0.05) is 76.6 Å². The van der Waals surface area contributed by atoms with E-state index in [0.29, 0.717) is 17.0 Å². The molecule has 2 aromatic carbocycles. The third-order valence-electron chi connectivity index (χ3n) is 5.70. The van der Waals surface area contributed by atoms with Gasteiger partial charge in [-0.05, 0) is 42.5 Å². The molecule has 3 rings (SSSR count). The summed E-state index contributed by atoms with van der Waals surface area (Å²) in [5.74, 6) is -0.513. The number of rotatable bonds is 13. The lowest BCUT2D eigenvalue weighted by Gasteiger charge is -2.06. The van der Waals surface area contributed by atoms with E-state index < -0.39 is 5.82 Å². The van der Waals surface area contributed by atoms with Crippen molar-refractivity contribution in [2.24, 2.45) is 0 Å². The summed E-state index contributed by atoms with van der Waals surface area (Å²) in [7, 11) is 0. The smallest absolute Gasteiger partial charge is 0.311 e. The molecule has 3 nitrogen and oxygen atoms in total. The standard InChI is InChI=1S/C28H34FNO2S/c1-3-5-7-9-11-21-13-15-22(16-14-21)26-20-30-28(33-26)24-18-17-23(19-25(24)29)32-27(31)12-10-8-6-4-2/h13-20H,3-12H2,1-2H3. The molecule has 1 aromatic heterocycles. The number of thiazole rings is 1. The fourth-order valence-electron chi connectivity index (χ4n) is 3.74. The first kappa shape index (κ1) is 25.1. The van der Waals surface area contributed by atoms with Gasteiger partial charge >= 0.3 is 5.97 Å². The van der Waals surface area contributed by atoms with E-state index in [1.807, 2.05) is 0 Å². The summed E-state index contributed by atoms with van der Waals surface area (Å²) >= 11 is 1.46. The van der Waals surface area contributed by atoms with Crippen molar-refractivity contribution in [1.82, 2.24) is 4.98 Å². The van der Waals surface area contributed by atoms with E-state index in [9.17, 15) is 9.18 Å². The maximum Gasteiger partial charge on any atom is 0.311 e. The highest BCUT2D eigenvalue weighted by molar-refractivity contribution is 7.18. The normalized spacial score (nSPS) is 11.0. The molecular formula is C28H34FNO2S. The van der Waals surface area contributed by atoms with Gasteiger partial charge in [-0.2, -0.15) is 0 Å². The maximum absolute atomic E-state index is 14.8. The van der Waals surface area contributed by atoms with Crippen LogP contribution in [0.5, 0.6) is 5.75 Å². The second-order valence-corrected chi connectivity index (χ2v) is 9.49. The van der Waals surface area contributed by atoms with Gasteiger partial charge < -0.3 is 4.74 Å². The molecule has 0 saturated heterocycles. The summed E-state index contributed by atoms with van der Waals surface area (Å²) in [4.78, 5) is 17.4. The summed E-state index contributed by atoms with van der Waals surface area (Å²) in [6, 6.07) is 13.1. The summed E-state index contributed by atoms with van der Waals surface area (Å²) in [5, 5.41) is 0.614.